The topological polar surface area (TPSA) is 46.3 Å². The van der Waals surface area contributed by atoms with Crippen molar-refractivity contribution in [3.05, 3.63) is 29.3 Å². The van der Waals surface area contributed by atoms with Crippen molar-refractivity contribution in [2.75, 3.05) is 18.8 Å². The van der Waals surface area contributed by atoms with Gasteiger partial charge in [-0.3, -0.25) is 4.79 Å². The van der Waals surface area contributed by atoms with Crippen LogP contribution in [0.15, 0.2) is 12.1 Å². The zero-order chi connectivity index (χ0) is 12.6. The number of likely N-dealkylation sites (tertiary alicyclic amines) is 1. The van der Waals surface area contributed by atoms with Gasteiger partial charge in [0.15, 0.2) is 5.82 Å². The summed E-state index contributed by atoms with van der Waals surface area (Å²) in [6.07, 6.45) is 0.858. The zero-order valence-electron chi connectivity index (χ0n) is 9.54. The Morgan fingerprint density at radius 3 is 2.76 bits per heavy atom. The first-order valence-corrected chi connectivity index (χ1v) is 5.53. The maximum absolute atomic E-state index is 13.7. The fourth-order valence-corrected chi connectivity index (χ4v) is 2.04. The molecule has 1 amide bonds. The minimum atomic E-state index is -0.963. The Kier molecular flexibility index (Phi) is 3.00. The zero-order valence-corrected chi connectivity index (χ0v) is 9.54. The third-order valence-electron chi connectivity index (χ3n) is 3.05. The largest absolute Gasteiger partial charge is 0.396 e. The quantitative estimate of drug-likeness (QED) is 0.763. The summed E-state index contributed by atoms with van der Waals surface area (Å²) < 4.78 is 27.1. The van der Waals surface area contributed by atoms with Gasteiger partial charge in [0.05, 0.1) is 5.69 Å². The molecule has 1 unspecified atom stereocenters. The number of hydrogen-bond acceptors (Lipinski definition) is 2. The average Bonchev–Trinajstić information content (AvgIpc) is 2.71. The van der Waals surface area contributed by atoms with Crippen LogP contribution in [0.25, 0.3) is 0 Å². The molecule has 0 aromatic heterocycles. The van der Waals surface area contributed by atoms with Crippen molar-refractivity contribution in [1.29, 1.82) is 0 Å². The number of halogens is 2. The standard InChI is InChI=1S/C12H14F2N2O/c1-7-4-5-16(6-7)12(17)10-8(13)2-3-9(15)11(10)14/h2-3,7H,4-6,15H2,1H3. The normalized spacial score (nSPS) is 19.7. The van der Waals surface area contributed by atoms with Gasteiger partial charge in [-0.05, 0) is 24.5 Å². The number of carbonyl (C=O) groups is 1. The molecule has 1 atom stereocenters. The van der Waals surface area contributed by atoms with E-state index in [1.54, 1.807) is 0 Å². The van der Waals surface area contributed by atoms with E-state index in [1.807, 2.05) is 6.92 Å². The van der Waals surface area contributed by atoms with E-state index in [4.69, 9.17) is 5.73 Å². The molecule has 1 aliphatic rings. The fraction of sp³-hybridized carbons (Fsp3) is 0.417. The van der Waals surface area contributed by atoms with Crippen LogP contribution >= 0.6 is 0 Å². The van der Waals surface area contributed by atoms with Crippen molar-refractivity contribution in [2.45, 2.75) is 13.3 Å². The number of carbonyl (C=O) groups excluding carboxylic acids is 1. The third kappa shape index (κ3) is 2.09. The van der Waals surface area contributed by atoms with Crippen molar-refractivity contribution >= 4 is 11.6 Å². The van der Waals surface area contributed by atoms with Gasteiger partial charge in [-0.15, -0.1) is 0 Å². The Balaban J connectivity index is 2.34. The van der Waals surface area contributed by atoms with Gasteiger partial charge in [0.2, 0.25) is 0 Å². The summed E-state index contributed by atoms with van der Waals surface area (Å²) in [5.41, 5.74) is 4.59. The first-order chi connectivity index (χ1) is 8.00. The molecule has 3 nitrogen and oxygen atoms in total. The lowest BCUT2D eigenvalue weighted by atomic mass is 10.1. The number of anilines is 1. The summed E-state index contributed by atoms with van der Waals surface area (Å²) in [5, 5.41) is 0. The summed E-state index contributed by atoms with van der Waals surface area (Å²) in [7, 11) is 0. The lowest BCUT2D eigenvalue weighted by Gasteiger charge is -2.17. The lowest BCUT2D eigenvalue weighted by molar-refractivity contribution is 0.0778. The number of nitrogens with two attached hydrogens (primary N) is 1. The van der Waals surface area contributed by atoms with Gasteiger partial charge >= 0.3 is 0 Å². The Bertz CT molecular complexity index is 462. The minimum Gasteiger partial charge on any atom is -0.396 e. The first kappa shape index (κ1) is 11.8. The highest BCUT2D eigenvalue weighted by atomic mass is 19.1. The van der Waals surface area contributed by atoms with Crippen LogP contribution in [0.3, 0.4) is 0 Å². The smallest absolute Gasteiger partial charge is 0.259 e. The molecule has 1 aromatic rings. The molecule has 0 radical (unpaired) electrons. The van der Waals surface area contributed by atoms with E-state index >= 15 is 0 Å². The molecule has 0 bridgehead atoms. The van der Waals surface area contributed by atoms with E-state index < -0.39 is 23.1 Å². The Morgan fingerprint density at radius 1 is 1.47 bits per heavy atom. The van der Waals surface area contributed by atoms with Crippen LogP contribution in [0.2, 0.25) is 0 Å². The molecule has 17 heavy (non-hydrogen) atoms. The SMILES string of the molecule is CC1CCN(C(=O)c2c(F)ccc(N)c2F)C1. The van der Waals surface area contributed by atoms with Crippen molar-refractivity contribution in [3.8, 4) is 0 Å². The maximum Gasteiger partial charge on any atom is 0.259 e. The van der Waals surface area contributed by atoms with Gasteiger partial charge < -0.3 is 10.6 Å². The summed E-state index contributed by atoms with van der Waals surface area (Å²) >= 11 is 0. The highest BCUT2D eigenvalue weighted by Gasteiger charge is 2.28. The molecule has 1 aromatic carbocycles. The van der Waals surface area contributed by atoms with Crippen molar-refractivity contribution in [2.24, 2.45) is 5.92 Å². The highest BCUT2D eigenvalue weighted by Crippen LogP contribution is 2.23. The Morgan fingerprint density at radius 2 is 2.18 bits per heavy atom. The van der Waals surface area contributed by atoms with Crippen LogP contribution in [-0.2, 0) is 0 Å². The van der Waals surface area contributed by atoms with E-state index in [-0.39, 0.29) is 5.69 Å². The highest BCUT2D eigenvalue weighted by molar-refractivity contribution is 5.95. The van der Waals surface area contributed by atoms with Crippen LogP contribution in [0.4, 0.5) is 14.5 Å². The van der Waals surface area contributed by atoms with Gasteiger partial charge in [-0.25, -0.2) is 8.78 Å². The van der Waals surface area contributed by atoms with Gasteiger partial charge in [0.25, 0.3) is 5.91 Å². The summed E-state index contributed by atoms with van der Waals surface area (Å²) in [4.78, 5) is 13.4. The van der Waals surface area contributed by atoms with Crippen molar-refractivity contribution in [3.63, 3.8) is 0 Å². The summed E-state index contributed by atoms with van der Waals surface area (Å²) in [6, 6.07) is 2.14. The molecule has 5 heteroatoms. The van der Waals surface area contributed by atoms with Crippen molar-refractivity contribution in [1.82, 2.24) is 4.90 Å². The van der Waals surface area contributed by atoms with Gasteiger partial charge in [-0.1, -0.05) is 6.92 Å². The van der Waals surface area contributed by atoms with Crippen LogP contribution < -0.4 is 5.73 Å². The molecule has 1 saturated heterocycles. The molecular formula is C12H14F2N2O. The maximum atomic E-state index is 13.7. The van der Waals surface area contributed by atoms with Gasteiger partial charge in [0.1, 0.15) is 11.4 Å². The number of rotatable bonds is 1. The molecule has 1 heterocycles. The molecule has 0 saturated carbocycles. The third-order valence-corrected chi connectivity index (χ3v) is 3.05. The fourth-order valence-electron chi connectivity index (χ4n) is 2.04. The predicted molar refractivity (Wildman–Crippen MR) is 60.5 cm³/mol. The van der Waals surface area contributed by atoms with Crippen LogP contribution in [0.5, 0.6) is 0 Å². The average molecular weight is 240 g/mol. The lowest BCUT2D eigenvalue weighted by Crippen LogP contribution is -2.30. The van der Waals surface area contributed by atoms with Gasteiger partial charge in [0, 0.05) is 13.1 Å². The summed E-state index contributed by atoms with van der Waals surface area (Å²) in [5.74, 6) is -2.07. The molecule has 0 aliphatic carbocycles. The van der Waals surface area contributed by atoms with E-state index in [1.165, 1.54) is 4.90 Å². The number of hydrogen-bond donors (Lipinski definition) is 1. The molecular weight excluding hydrogens is 226 g/mol. The number of amides is 1. The number of nitrogen functional groups attached to an aromatic ring is 1. The van der Waals surface area contributed by atoms with Gasteiger partial charge in [-0.2, -0.15) is 0 Å². The molecule has 2 rings (SSSR count). The summed E-state index contributed by atoms with van der Waals surface area (Å²) in [6.45, 7) is 3.07. The van der Waals surface area contributed by atoms with E-state index in [0.29, 0.717) is 19.0 Å². The molecule has 1 aliphatic heterocycles. The van der Waals surface area contributed by atoms with Crippen LogP contribution in [-0.4, -0.2) is 23.9 Å². The second-order valence-electron chi connectivity index (χ2n) is 4.47. The second kappa shape index (κ2) is 4.31. The molecule has 2 N–H and O–H groups in total. The second-order valence-corrected chi connectivity index (χ2v) is 4.47. The van der Waals surface area contributed by atoms with E-state index in [2.05, 4.69) is 0 Å². The number of benzene rings is 1. The van der Waals surface area contributed by atoms with E-state index in [9.17, 15) is 13.6 Å². The van der Waals surface area contributed by atoms with Crippen LogP contribution in [0, 0.1) is 17.6 Å². The number of nitrogens with zero attached hydrogens (tertiary/aromatic N) is 1. The monoisotopic (exact) mass is 240 g/mol. The molecule has 0 spiro atoms. The Hall–Kier alpha value is -1.65. The predicted octanol–water partition coefficient (Wildman–Crippen LogP) is 2.03. The van der Waals surface area contributed by atoms with Crippen LogP contribution in [0.1, 0.15) is 23.7 Å². The minimum absolute atomic E-state index is 0.206. The first-order valence-electron chi connectivity index (χ1n) is 5.53. The Labute approximate surface area is 98.2 Å². The molecule has 1 fully saturated rings. The van der Waals surface area contributed by atoms with Crippen molar-refractivity contribution < 1.29 is 13.6 Å². The van der Waals surface area contributed by atoms with E-state index in [0.717, 1.165) is 18.6 Å². The molecule has 92 valence electrons.